The summed E-state index contributed by atoms with van der Waals surface area (Å²) >= 11 is 0. The van der Waals surface area contributed by atoms with Crippen LogP contribution >= 0.6 is 0 Å². The molecule has 18 heavy (non-hydrogen) atoms. The van der Waals surface area contributed by atoms with E-state index in [0.29, 0.717) is 13.1 Å². The smallest absolute Gasteiger partial charge is 0.429 e. The van der Waals surface area contributed by atoms with Crippen molar-refractivity contribution in [2.45, 2.75) is 33.0 Å². The van der Waals surface area contributed by atoms with Crippen LogP contribution < -0.4 is 4.90 Å². The Morgan fingerprint density at radius 2 is 1.56 bits per heavy atom. The average molecular weight is 249 g/mol. The highest BCUT2D eigenvalue weighted by molar-refractivity contribution is 5.61. The molecule has 98 valence electrons. The van der Waals surface area contributed by atoms with Crippen molar-refractivity contribution >= 4 is 11.8 Å². The number of hydrogen-bond donors (Lipinski definition) is 0. The number of anilines is 1. The minimum Gasteiger partial charge on any atom is -0.429 e. The summed E-state index contributed by atoms with van der Waals surface area (Å²) in [6, 6.07) is 8.32. The number of cyclic esters (lactones) is 2. The molecule has 0 bridgehead atoms. The standard InChI is InChI=1S/C14H19NO3/c1-10-4-6-13(7-5-10)15-8-11(2)17-14(16)18-12(3)9-15/h4-7,11-12H,8-9H2,1-3H3. The first-order valence-corrected chi connectivity index (χ1v) is 6.23. The van der Waals surface area contributed by atoms with E-state index in [9.17, 15) is 4.79 Å². The Morgan fingerprint density at radius 3 is 2.06 bits per heavy atom. The molecule has 1 heterocycles. The van der Waals surface area contributed by atoms with E-state index in [1.807, 2.05) is 13.8 Å². The largest absolute Gasteiger partial charge is 0.508 e. The van der Waals surface area contributed by atoms with Gasteiger partial charge in [0.05, 0.1) is 13.1 Å². The van der Waals surface area contributed by atoms with Crippen LogP contribution in [0.15, 0.2) is 24.3 Å². The average Bonchev–Trinajstić information content (AvgIpc) is 2.26. The summed E-state index contributed by atoms with van der Waals surface area (Å²) in [5, 5.41) is 0. The number of carbonyl (C=O) groups is 1. The molecule has 0 aromatic heterocycles. The van der Waals surface area contributed by atoms with Crippen molar-refractivity contribution in [3.05, 3.63) is 29.8 Å². The van der Waals surface area contributed by atoms with Gasteiger partial charge in [0.15, 0.2) is 0 Å². The van der Waals surface area contributed by atoms with Crippen LogP contribution in [0.25, 0.3) is 0 Å². The fraction of sp³-hybridized carbons (Fsp3) is 0.500. The molecule has 4 heteroatoms. The van der Waals surface area contributed by atoms with Gasteiger partial charge in [-0.25, -0.2) is 4.79 Å². The normalized spacial score (nSPS) is 24.8. The highest BCUT2D eigenvalue weighted by Gasteiger charge is 2.23. The summed E-state index contributed by atoms with van der Waals surface area (Å²) in [4.78, 5) is 13.5. The van der Waals surface area contributed by atoms with Gasteiger partial charge in [0.2, 0.25) is 0 Å². The summed E-state index contributed by atoms with van der Waals surface area (Å²) < 4.78 is 10.3. The fourth-order valence-corrected chi connectivity index (χ4v) is 2.09. The number of aryl methyl sites for hydroxylation is 1. The molecular formula is C14H19NO3. The van der Waals surface area contributed by atoms with E-state index in [1.165, 1.54) is 5.56 Å². The summed E-state index contributed by atoms with van der Waals surface area (Å²) in [5.74, 6) is 0. The van der Waals surface area contributed by atoms with Crippen LogP contribution in [0.2, 0.25) is 0 Å². The number of ether oxygens (including phenoxy) is 2. The van der Waals surface area contributed by atoms with Crippen LogP contribution in [0.1, 0.15) is 19.4 Å². The van der Waals surface area contributed by atoms with E-state index in [1.54, 1.807) is 0 Å². The van der Waals surface area contributed by atoms with Gasteiger partial charge < -0.3 is 14.4 Å². The zero-order chi connectivity index (χ0) is 13.1. The maximum absolute atomic E-state index is 11.3. The van der Waals surface area contributed by atoms with E-state index in [-0.39, 0.29) is 12.2 Å². The highest BCUT2D eigenvalue weighted by Crippen LogP contribution is 2.18. The van der Waals surface area contributed by atoms with Crippen LogP contribution in [0, 0.1) is 6.92 Å². The molecule has 0 saturated carbocycles. The molecule has 2 rings (SSSR count). The van der Waals surface area contributed by atoms with Crippen LogP contribution in [-0.4, -0.2) is 31.5 Å². The van der Waals surface area contributed by atoms with Crippen molar-refractivity contribution in [1.29, 1.82) is 0 Å². The molecule has 2 unspecified atom stereocenters. The Balaban J connectivity index is 2.15. The zero-order valence-corrected chi connectivity index (χ0v) is 11.1. The second-order valence-electron chi connectivity index (χ2n) is 4.85. The van der Waals surface area contributed by atoms with E-state index in [4.69, 9.17) is 9.47 Å². The van der Waals surface area contributed by atoms with Gasteiger partial charge in [-0.3, -0.25) is 0 Å². The third-order valence-electron chi connectivity index (χ3n) is 2.95. The third kappa shape index (κ3) is 3.15. The lowest BCUT2D eigenvalue weighted by molar-refractivity contribution is 0.00130. The van der Waals surface area contributed by atoms with Gasteiger partial charge in [0.1, 0.15) is 12.2 Å². The first-order valence-electron chi connectivity index (χ1n) is 6.23. The number of benzene rings is 1. The van der Waals surface area contributed by atoms with Crippen LogP contribution in [0.4, 0.5) is 10.5 Å². The van der Waals surface area contributed by atoms with Gasteiger partial charge in [0.25, 0.3) is 0 Å². The molecule has 0 aliphatic carbocycles. The molecule has 0 N–H and O–H groups in total. The minimum atomic E-state index is -0.571. The number of nitrogens with zero attached hydrogens (tertiary/aromatic N) is 1. The van der Waals surface area contributed by atoms with Crippen LogP contribution in [-0.2, 0) is 9.47 Å². The second kappa shape index (κ2) is 5.29. The lowest BCUT2D eigenvalue weighted by Gasteiger charge is -2.32. The maximum atomic E-state index is 11.3. The van der Waals surface area contributed by atoms with Crippen molar-refractivity contribution < 1.29 is 14.3 Å². The van der Waals surface area contributed by atoms with Crippen LogP contribution in [0.5, 0.6) is 0 Å². The minimum absolute atomic E-state index is 0.175. The molecule has 1 aromatic rings. The molecule has 1 aliphatic rings. The van der Waals surface area contributed by atoms with Gasteiger partial charge in [-0.2, -0.15) is 0 Å². The van der Waals surface area contributed by atoms with Gasteiger partial charge in [-0.05, 0) is 32.9 Å². The summed E-state index contributed by atoms with van der Waals surface area (Å²) in [7, 11) is 0. The highest BCUT2D eigenvalue weighted by atomic mass is 16.7. The Labute approximate surface area is 107 Å². The molecule has 0 amide bonds. The summed E-state index contributed by atoms with van der Waals surface area (Å²) in [6.45, 7) is 7.18. The Hall–Kier alpha value is -1.71. The fourth-order valence-electron chi connectivity index (χ4n) is 2.09. The number of carbonyl (C=O) groups excluding carboxylic acids is 1. The monoisotopic (exact) mass is 249 g/mol. The maximum Gasteiger partial charge on any atom is 0.508 e. The third-order valence-corrected chi connectivity index (χ3v) is 2.95. The van der Waals surface area contributed by atoms with E-state index in [0.717, 1.165) is 5.69 Å². The quantitative estimate of drug-likeness (QED) is 0.717. The first-order chi connectivity index (χ1) is 8.54. The summed E-state index contributed by atoms with van der Waals surface area (Å²) in [6.07, 6.45) is -0.920. The van der Waals surface area contributed by atoms with E-state index >= 15 is 0 Å². The molecule has 0 radical (unpaired) electrons. The van der Waals surface area contributed by atoms with Gasteiger partial charge >= 0.3 is 6.16 Å². The molecule has 1 saturated heterocycles. The molecule has 2 atom stereocenters. The molecule has 4 nitrogen and oxygen atoms in total. The number of hydrogen-bond acceptors (Lipinski definition) is 4. The predicted octanol–water partition coefficient (Wildman–Crippen LogP) is 2.75. The lowest BCUT2D eigenvalue weighted by atomic mass is 10.2. The Bertz CT molecular complexity index is 400. The van der Waals surface area contributed by atoms with Crippen LogP contribution in [0.3, 0.4) is 0 Å². The molecule has 0 spiro atoms. The van der Waals surface area contributed by atoms with Gasteiger partial charge in [0, 0.05) is 5.69 Å². The van der Waals surface area contributed by atoms with Crippen molar-refractivity contribution in [3.63, 3.8) is 0 Å². The van der Waals surface area contributed by atoms with Crippen molar-refractivity contribution in [1.82, 2.24) is 0 Å². The second-order valence-corrected chi connectivity index (χ2v) is 4.85. The molecular weight excluding hydrogens is 230 g/mol. The Kier molecular flexibility index (Phi) is 3.75. The number of rotatable bonds is 1. The SMILES string of the molecule is Cc1ccc(N2CC(C)OC(=O)OC(C)C2)cc1. The van der Waals surface area contributed by atoms with Crippen molar-refractivity contribution in [2.24, 2.45) is 0 Å². The molecule has 1 aliphatic heterocycles. The zero-order valence-electron chi connectivity index (χ0n) is 11.1. The van der Waals surface area contributed by atoms with Crippen molar-refractivity contribution in [2.75, 3.05) is 18.0 Å². The van der Waals surface area contributed by atoms with Gasteiger partial charge in [-0.15, -0.1) is 0 Å². The molecule has 1 fully saturated rings. The first kappa shape index (κ1) is 12.7. The van der Waals surface area contributed by atoms with Crippen molar-refractivity contribution in [3.8, 4) is 0 Å². The van der Waals surface area contributed by atoms with E-state index in [2.05, 4.69) is 36.1 Å². The van der Waals surface area contributed by atoms with E-state index < -0.39 is 6.16 Å². The lowest BCUT2D eigenvalue weighted by Crippen LogP contribution is -2.42. The Morgan fingerprint density at radius 1 is 1.06 bits per heavy atom. The topological polar surface area (TPSA) is 38.8 Å². The van der Waals surface area contributed by atoms with Gasteiger partial charge in [-0.1, -0.05) is 17.7 Å². The molecule has 1 aromatic carbocycles. The predicted molar refractivity (Wildman–Crippen MR) is 69.9 cm³/mol. The summed E-state index contributed by atoms with van der Waals surface area (Å²) in [5.41, 5.74) is 2.36.